The summed E-state index contributed by atoms with van der Waals surface area (Å²) in [6.07, 6.45) is 2.55. The molecule has 3 unspecified atom stereocenters. The van der Waals surface area contributed by atoms with E-state index in [1.54, 1.807) is 0 Å². The summed E-state index contributed by atoms with van der Waals surface area (Å²) in [6.45, 7) is 1.83. The molecular weight excluding hydrogens is 347 g/mol. The second kappa shape index (κ2) is 7.11. The molecule has 26 heavy (non-hydrogen) atoms. The van der Waals surface area contributed by atoms with Gasteiger partial charge in [0.2, 0.25) is 5.67 Å². The first kappa shape index (κ1) is 18.4. The van der Waals surface area contributed by atoms with E-state index in [1.165, 1.54) is 18.2 Å². The standard InChI is InChI=1S/C21H17F5/c1-2-3-13-6-8-21(26,18(23)11-13)9-7-14-4-5-16-15(10-14)12-17(22)20(25)19(16)24/h2-5,10,12-13,18H,6,8,11H2,1H3/b3-2+. The van der Waals surface area contributed by atoms with E-state index in [0.29, 0.717) is 6.42 Å². The highest BCUT2D eigenvalue weighted by Gasteiger charge is 2.43. The van der Waals surface area contributed by atoms with Crippen molar-refractivity contribution in [2.45, 2.75) is 38.0 Å². The minimum Gasteiger partial charge on any atom is -0.243 e. The van der Waals surface area contributed by atoms with E-state index < -0.39 is 29.3 Å². The maximum absolute atomic E-state index is 14.8. The van der Waals surface area contributed by atoms with Gasteiger partial charge in [-0.05, 0) is 55.7 Å². The van der Waals surface area contributed by atoms with Crippen LogP contribution in [0.2, 0.25) is 0 Å². The van der Waals surface area contributed by atoms with Crippen molar-refractivity contribution >= 4 is 10.8 Å². The number of alkyl halides is 2. The SMILES string of the molecule is C/C=C/C1CCC(F)(C#Cc2ccc3c(F)c(F)c(F)cc3c2)C(F)C1. The molecule has 2 aromatic rings. The maximum Gasteiger partial charge on any atom is 0.202 e. The van der Waals surface area contributed by atoms with Crippen molar-refractivity contribution in [3.63, 3.8) is 0 Å². The third kappa shape index (κ3) is 3.46. The van der Waals surface area contributed by atoms with Gasteiger partial charge in [-0.1, -0.05) is 30.1 Å². The lowest BCUT2D eigenvalue weighted by molar-refractivity contribution is 0.0477. The Labute approximate surface area is 148 Å². The Morgan fingerprint density at radius 3 is 2.62 bits per heavy atom. The molecule has 0 radical (unpaired) electrons. The number of rotatable bonds is 1. The Hall–Kier alpha value is -2.35. The van der Waals surface area contributed by atoms with Crippen LogP contribution in [0.3, 0.4) is 0 Å². The summed E-state index contributed by atoms with van der Waals surface area (Å²) in [5.74, 6) is 0.772. The van der Waals surface area contributed by atoms with Crippen LogP contribution in [0.15, 0.2) is 36.4 Å². The van der Waals surface area contributed by atoms with E-state index in [4.69, 9.17) is 0 Å². The minimum absolute atomic E-state index is 0.00203. The zero-order chi connectivity index (χ0) is 18.9. The zero-order valence-corrected chi connectivity index (χ0v) is 14.1. The van der Waals surface area contributed by atoms with Gasteiger partial charge in [-0.2, -0.15) is 0 Å². The topological polar surface area (TPSA) is 0 Å². The van der Waals surface area contributed by atoms with Gasteiger partial charge in [-0.3, -0.25) is 0 Å². The monoisotopic (exact) mass is 364 g/mol. The average molecular weight is 364 g/mol. The van der Waals surface area contributed by atoms with Crippen molar-refractivity contribution < 1.29 is 22.0 Å². The highest BCUT2D eigenvalue weighted by atomic mass is 19.2. The van der Waals surface area contributed by atoms with Crippen LogP contribution >= 0.6 is 0 Å². The van der Waals surface area contributed by atoms with Gasteiger partial charge in [0.1, 0.15) is 6.17 Å². The Morgan fingerprint density at radius 2 is 1.92 bits per heavy atom. The maximum atomic E-state index is 14.8. The largest absolute Gasteiger partial charge is 0.243 e. The normalized spacial score (nSPS) is 26.1. The number of hydrogen-bond acceptors (Lipinski definition) is 0. The van der Waals surface area contributed by atoms with E-state index in [1.807, 2.05) is 19.1 Å². The van der Waals surface area contributed by atoms with Crippen LogP contribution in [0.4, 0.5) is 22.0 Å². The first-order valence-electron chi connectivity index (χ1n) is 8.40. The predicted molar refractivity (Wildman–Crippen MR) is 91.6 cm³/mol. The summed E-state index contributed by atoms with van der Waals surface area (Å²) in [4.78, 5) is 0. The van der Waals surface area contributed by atoms with Crippen molar-refractivity contribution in [2.24, 2.45) is 5.92 Å². The van der Waals surface area contributed by atoms with Crippen molar-refractivity contribution in [2.75, 3.05) is 0 Å². The van der Waals surface area contributed by atoms with Gasteiger partial charge >= 0.3 is 0 Å². The molecule has 1 aliphatic carbocycles. The average Bonchev–Trinajstić information content (AvgIpc) is 2.62. The predicted octanol–water partition coefficient (Wildman–Crippen LogP) is 6.03. The van der Waals surface area contributed by atoms with Gasteiger partial charge in [0.25, 0.3) is 0 Å². The van der Waals surface area contributed by atoms with Crippen LogP contribution in [0.5, 0.6) is 0 Å². The van der Waals surface area contributed by atoms with Crippen LogP contribution < -0.4 is 0 Å². The number of allylic oxidation sites excluding steroid dienone is 2. The fourth-order valence-corrected chi connectivity index (χ4v) is 3.27. The molecular formula is C21H17F5. The molecule has 2 aromatic carbocycles. The van der Waals surface area contributed by atoms with E-state index in [0.717, 1.165) is 6.07 Å². The Kier molecular flexibility index (Phi) is 5.04. The zero-order valence-electron chi connectivity index (χ0n) is 14.1. The second-order valence-electron chi connectivity index (χ2n) is 6.56. The third-order valence-electron chi connectivity index (χ3n) is 4.74. The van der Waals surface area contributed by atoms with E-state index in [2.05, 4.69) is 11.8 Å². The Bertz CT molecular complexity index is 921. The summed E-state index contributed by atoms with van der Waals surface area (Å²) in [6, 6.07) is 4.80. The molecule has 0 N–H and O–H groups in total. The number of halogens is 5. The van der Waals surface area contributed by atoms with Crippen LogP contribution in [0.1, 0.15) is 31.7 Å². The molecule has 0 bridgehead atoms. The molecule has 0 aromatic heterocycles. The lowest BCUT2D eigenvalue weighted by Crippen LogP contribution is -2.39. The molecule has 0 heterocycles. The third-order valence-corrected chi connectivity index (χ3v) is 4.74. The second-order valence-corrected chi connectivity index (χ2v) is 6.56. The molecule has 3 atom stereocenters. The molecule has 1 fully saturated rings. The van der Waals surface area contributed by atoms with Crippen LogP contribution in [0.25, 0.3) is 10.8 Å². The van der Waals surface area contributed by atoms with Crippen LogP contribution in [0, 0.1) is 35.2 Å². The minimum atomic E-state index is -2.24. The van der Waals surface area contributed by atoms with E-state index >= 15 is 0 Å². The van der Waals surface area contributed by atoms with E-state index in [9.17, 15) is 22.0 Å². The molecule has 1 aliphatic rings. The summed E-state index contributed by atoms with van der Waals surface area (Å²) in [7, 11) is 0. The molecule has 0 nitrogen and oxygen atoms in total. The fraction of sp³-hybridized carbons (Fsp3) is 0.333. The number of fused-ring (bicyclic) bond motifs is 1. The summed E-state index contributed by atoms with van der Waals surface area (Å²) in [5.41, 5.74) is -1.96. The van der Waals surface area contributed by atoms with Crippen LogP contribution in [-0.4, -0.2) is 11.8 Å². The smallest absolute Gasteiger partial charge is 0.202 e. The first-order valence-corrected chi connectivity index (χ1v) is 8.40. The molecule has 0 aliphatic heterocycles. The summed E-state index contributed by atoms with van der Waals surface area (Å²) >= 11 is 0. The number of benzene rings is 2. The van der Waals surface area contributed by atoms with Gasteiger partial charge in [0.05, 0.1) is 0 Å². The lowest BCUT2D eigenvalue weighted by atomic mass is 9.78. The highest BCUT2D eigenvalue weighted by Crippen LogP contribution is 2.37. The molecule has 0 spiro atoms. The molecule has 1 saturated carbocycles. The van der Waals surface area contributed by atoms with Gasteiger partial charge in [0.15, 0.2) is 17.5 Å². The van der Waals surface area contributed by atoms with Crippen molar-refractivity contribution in [3.8, 4) is 11.8 Å². The van der Waals surface area contributed by atoms with Gasteiger partial charge in [0, 0.05) is 10.9 Å². The molecule has 3 rings (SSSR count). The van der Waals surface area contributed by atoms with Crippen molar-refractivity contribution in [1.82, 2.24) is 0 Å². The molecule has 136 valence electrons. The molecule has 5 heteroatoms. The van der Waals surface area contributed by atoms with Gasteiger partial charge < -0.3 is 0 Å². The summed E-state index contributed by atoms with van der Waals surface area (Å²) in [5, 5.41) is 0.00865. The Morgan fingerprint density at radius 1 is 1.15 bits per heavy atom. The van der Waals surface area contributed by atoms with Crippen molar-refractivity contribution in [3.05, 3.63) is 59.4 Å². The molecule has 0 saturated heterocycles. The quantitative estimate of drug-likeness (QED) is 0.251. The lowest BCUT2D eigenvalue weighted by Gasteiger charge is -2.32. The van der Waals surface area contributed by atoms with Gasteiger partial charge in [-0.25, -0.2) is 22.0 Å². The van der Waals surface area contributed by atoms with E-state index in [-0.39, 0.29) is 35.1 Å². The Balaban J connectivity index is 1.89. The fourth-order valence-electron chi connectivity index (χ4n) is 3.27. The van der Waals surface area contributed by atoms with Gasteiger partial charge in [-0.15, -0.1) is 0 Å². The first-order chi connectivity index (χ1) is 12.3. The highest BCUT2D eigenvalue weighted by molar-refractivity contribution is 5.84. The molecule has 0 amide bonds. The number of hydrogen-bond donors (Lipinski definition) is 0. The summed E-state index contributed by atoms with van der Waals surface area (Å²) < 4.78 is 69.4. The van der Waals surface area contributed by atoms with Crippen molar-refractivity contribution in [1.29, 1.82) is 0 Å². The van der Waals surface area contributed by atoms with Crippen LogP contribution in [-0.2, 0) is 0 Å².